The van der Waals surface area contributed by atoms with E-state index >= 15 is 0 Å². The molecule has 0 aliphatic rings. The van der Waals surface area contributed by atoms with Crippen LogP contribution in [0.2, 0.25) is 0 Å². The molecule has 18 heavy (non-hydrogen) atoms. The molecule has 0 saturated carbocycles. The summed E-state index contributed by atoms with van der Waals surface area (Å²) in [5.74, 6) is -0.164. The van der Waals surface area contributed by atoms with Gasteiger partial charge in [-0.25, -0.2) is 0 Å². The number of likely N-dealkylation sites (N-methyl/N-ethyl adjacent to an activating group) is 1. The van der Waals surface area contributed by atoms with E-state index < -0.39 is 5.54 Å². The summed E-state index contributed by atoms with van der Waals surface area (Å²) in [7, 11) is 0. The Labute approximate surface area is 110 Å². The van der Waals surface area contributed by atoms with Gasteiger partial charge in [0.15, 0.2) is 0 Å². The predicted molar refractivity (Wildman–Crippen MR) is 73.2 cm³/mol. The van der Waals surface area contributed by atoms with Crippen LogP contribution in [0.25, 0.3) is 0 Å². The summed E-state index contributed by atoms with van der Waals surface area (Å²) in [6.07, 6.45) is 0. The summed E-state index contributed by atoms with van der Waals surface area (Å²) < 4.78 is 5.15. The highest BCUT2D eigenvalue weighted by Crippen LogP contribution is 2.19. The molecule has 100 valence electrons. The average molecular weight is 249 g/mol. The third-order valence-corrected chi connectivity index (χ3v) is 3.16. The van der Waals surface area contributed by atoms with Gasteiger partial charge in [0, 0.05) is 6.54 Å². The fourth-order valence-electron chi connectivity index (χ4n) is 1.95. The maximum Gasteiger partial charge on any atom is 0.325 e. The molecule has 1 aromatic carbocycles. The van der Waals surface area contributed by atoms with Gasteiger partial charge >= 0.3 is 5.97 Å². The first-order valence-electron chi connectivity index (χ1n) is 6.48. The largest absolute Gasteiger partial charge is 0.465 e. The summed E-state index contributed by atoms with van der Waals surface area (Å²) in [5.41, 5.74) is 0.609. The molecule has 0 heterocycles. The lowest BCUT2D eigenvalue weighted by Crippen LogP contribution is -2.50. The Kier molecular flexibility index (Phi) is 5.35. The zero-order valence-corrected chi connectivity index (χ0v) is 11.8. The molecule has 0 aliphatic carbocycles. The minimum Gasteiger partial charge on any atom is -0.465 e. The summed E-state index contributed by atoms with van der Waals surface area (Å²) in [5, 5.41) is 0. The van der Waals surface area contributed by atoms with E-state index in [2.05, 4.69) is 24.0 Å². The van der Waals surface area contributed by atoms with Crippen molar-refractivity contribution in [3.8, 4) is 0 Å². The molecule has 0 unspecified atom stereocenters. The molecule has 0 saturated heterocycles. The molecule has 0 bridgehead atoms. The molecule has 0 aliphatic heterocycles. The van der Waals surface area contributed by atoms with Crippen molar-refractivity contribution in [3.63, 3.8) is 0 Å². The quantitative estimate of drug-likeness (QED) is 0.726. The van der Waals surface area contributed by atoms with Gasteiger partial charge in [-0.3, -0.25) is 9.69 Å². The molecule has 0 aromatic heterocycles. The number of benzene rings is 1. The fraction of sp³-hybridized carbons (Fsp3) is 0.533. The van der Waals surface area contributed by atoms with Crippen LogP contribution in [-0.2, 0) is 16.1 Å². The lowest BCUT2D eigenvalue weighted by atomic mass is 10.0. The third kappa shape index (κ3) is 3.57. The fourth-order valence-corrected chi connectivity index (χ4v) is 1.95. The van der Waals surface area contributed by atoms with Crippen LogP contribution in [0.5, 0.6) is 0 Å². The molecule has 1 rings (SSSR count). The number of rotatable bonds is 6. The van der Waals surface area contributed by atoms with Crippen molar-refractivity contribution in [1.29, 1.82) is 0 Å². The van der Waals surface area contributed by atoms with Gasteiger partial charge in [-0.2, -0.15) is 0 Å². The molecular weight excluding hydrogens is 226 g/mol. The van der Waals surface area contributed by atoms with Crippen molar-refractivity contribution in [2.24, 2.45) is 0 Å². The van der Waals surface area contributed by atoms with Crippen LogP contribution in [0.4, 0.5) is 0 Å². The van der Waals surface area contributed by atoms with E-state index in [1.165, 1.54) is 5.56 Å². The van der Waals surface area contributed by atoms with Gasteiger partial charge in [-0.1, -0.05) is 37.3 Å². The molecule has 0 spiro atoms. The first-order valence-corrected chi connectivity index (χ1v) is 6.48. The second-order valence-corrected chi connectivity index (χ2v) is 4.78. The Morgan fingerprint density at radius 3 is 2.33 bits per heavy atom. The molecule has 0 fully saturated rings. The van der Waals surface area contributed by atoms with Crippen LogP contribution in [0.15, 0.2) is 30.3 Å². The summed E-state index contributed by atoms with van der Waals surface area (Å²) in [6, 6.07) is 10.2. The number of nitrogens with zero attached hydrogens (tertiary/aromatic N) is 1. The minimum absolute atomic E-state index is 0.164. The van der Waals surface area contributed by atoms with Gasteiger partial charge in [0.05, 0.1) is 6.61 Å². The van der Waals surface area contributed by atoms with Crippen LogP contribution in [-0.4, -0.2) is 29.6 Å². The molecule has 0 atom stereocenters. The van der Waals surface area contributed by atoms with Crippen molar-refractivity contribution in [1.82, 2.24) is 4.90 Å². The Bertz CT molecular complexity index is 373. The first kappa shape index (κ1) is 14.7. The van der Waals surface area contributed by atoms with Gasteiger partial charge in [0.1, 0.15) is 5.54 Å². The Morgan fingerprint density at radius 1 is 1.22 bits per heavy atom. The third-order valence-electron chi connectivity index (χ3n) is 3.16. The van der Waals surface area contributed by atoms with Crippen molar-refractivity contribution < 1.29 is 9.53 Å². The van der Waals surface area contributed by atoms with E-state index in [0.717, 1.165) is 13.1 Å². The van der Waals surface area contributed by atoms with Crippen molar-refractivity contribution in [3.05, 3.63) is 35.9 Å². The summed E-state index contributed by atoms with van der Waals surface area (Å²) >= 11 is 0. The first-order chi connectivity index (χ1) is 8.52. The molecule has 0 amide bonds. The van der Waals surface area contributed by atoms with E-state index in [4.69, 9.17) is 4.74 Å². The molecule has 3 nitrogen and oxygen atoms in total. The highest BCUT2D eigenvalue weighted by Gasteiger charge is 2.35. The highest BCUT2D eigenvalue weighted by atomic mass is 16.5. The van der Waals surface area contributed by atoms with E-state index in [0.29, 0.717) is 6.61 Å². The van der Waals surface area contributed by atoms with Gasteiger partial charge in [0.2, 0.25) is 0 Å². The molecule has 3 heteroatoms. The normalized spacial score (nSPS) is 11.6. The van der Waals surface area contributed by atoms with Crippen LogP contribution in [0.1, 0.15) is 33.3 Å². The summed E-state index contributed by atoms with van der Waals surface area (Å²) in [6.45, 7) is 9.70. The second kappa shape index (κ2) is 6.55. The number of carbonyl (C=O) groups is 1. The SMILES string of the molecule is CCOC(=O)C(C)(C)N(CC)Cc1ccccc1. The van der Waals surface area contributed by atoms with Crippen molar-refractivity contribution >= 4 is 5.97 Å². The topological polar surface area (TPSA) is 29.5 Å². The number of esters is 1. The number of hydrogen-bond donors (Lipinski definition) is 0. The summed E-state index contributed by atoms with van der Waals surface area (Å²) in [4.78, 5) is 14.1. The van der Waals surface area contributed by atoms with Crippen molar-refractivity contribution in [2.45, 2.75) is 39.8 Å². The van der Waals surface area contributed by atoms with Crippen molar-refractivity contribution in [2.75, 3.05) is 13.2 Å². The Hall–Kier alpha value is -1.35. The van der Waals surface area contributed by atoms with E-state index in [1.807, 2.05) is 39.0 Å². The smallest absolute Gasteiger partial charge is 0.325 e. The van der Waals surface area contributed by atoms with Gasteiger partial charge in [-0.05, 0) is 32.9 Å². The van der Waals surface area contributed by atoms with Crippen LogP contribution in [0, 0.1) is 0 Å². The minimum atomic E-state index is -0.597. The monoisotopic (exact) mass is 249 g/mol. The second-order valence-electron chi connectivity index (χ2n) is 4.78. The average Bonchev–Trinajstić information content (AvgIpc) is 2.37. The van der Waals surface area contributed by atoms with Gasteiger partial charge < -0.3 is 4.74 Å². The van der Waals surface area contributed by atoms with E-state index in [-0.39, 0.29) is 5.97 Å². The van der Waals surface area contributed by atoms with Gasteiger partial charge in [0.25, 0.3) is 0 Å². The lowest BCUT2D eigenvalue weighted by Gasteiger charge is -2.35. The van der Waals surface area contributed by atoms with Crippen LogP contribution >= 0.6 is 0 Å². The molecule has 1 aromatic rings. The molecule has 0 N–H and O–H groups in total. The lowest BCUT2D eigenvalue weighted by molar-refractivity contribution is -0.156. The van der Waals surface area contributed by atoms with E-state index in [1.54, 1.807) is 0 Å². The van der Waals surface area contributed by atoms with Gasteiger partial charge in [-0.15, -0.1) is 0 Å². The Morgan fingerprint density at radius 2 is 1.83 bits per heavy atom. The highest BCUT2D eigenvalue weighted by molar-refractivity contribution is 5.79. The molecular formula is C15H23NO2. The predicted octanol–water partition coefficient (Wildman–Crippen LogP) is 2.85. The number of ether oxygens (including phenoxy) is 1. The number of hydrogen-bond acceptors (Lipinski definition) is 3. The number of carbonyl (C=O) groups excluding carboxylic acids is 1. The van der Waals surface area contributed by atoms with Crippen LogP contribution in [0.3, 0.4) is 0 Å². The van der Waals surface area contributed by atoms with E-state index in [9.17, 15) is 4.79 Å². The maximum absolute atomic E-state index is 12.0. The zero-order valence-electron chi connectivity index (χ0n) is 11.8. The standard InChI is InChI=1S/C15H23NO2/c1-5-16(12-13-10-8-7-9-11-13)15(3,4)14(17)18-6-2/h7-11H,5-6,12H2,1-4H3. The Balaban J connectivity index is 2.79. The zero-order chi connectivity index (χ0) is 13.6. The molecule has 0 radical (unpaired) electrons. The maximum atomic E-state index is 12.0. The van der Waals surface area contributed by atoms with Crippen LogP contribution < -0.4 is 0 Å².